The molecule has 110 valence electrons. The Kier molecular flexibility index (Phi) is 3.20. The number of cyclic esters (lactones) is 1. The van der Waals surface area contributed by atoms with Crippen molar-refractivity contribution in [3.05, 3.63) is 46.8 Å². The van der Waals surface area contributed by atoms with Gasteiger partial charge in [-0.05, 0) is 31.5 Å². The van der Waals surface area contributed by atoms with E-state index in [2.05, 4.69) is 5.16 Å². The second kappa shape index (κ2) is 4.91. The summed E-state index contributed by atoms with van der Waals surface area (Å²) in [5.41, 5.74) is 1.65. The van der Waals surface area contributed by atoms with E-state index in [9.17, 15) is 4.79 Å². The molecule has 1 aliphatic rings. The van der Waals surface area contributed by atoms with Gasteiger partial charge in [0.15, 0.2) is 5.76 Å². The van der Waals surface area contributed by atoms with Crippen LogP contribution in [0.1, 0.15) is 41.2 Å². The molecule has 5 nitrogen and oxygen atoms in total. The number of aromatic nitrogens is 1. The zero-order valence-electron chi connectivity index (χ0n) is 12.3. The third kappa shape index (κ3) is 2.63. The van der Waals surface area contributed by atoms with Crippen molar-refractivity contribution in [2.45, 2.75) is 32.3 Å². The SMILES string of the molecule is COc1ccc(Cc2onc3c2C(=O)OC(C)(C)C3)cc1. The first-order valence-electron chi connectivity index (χ1n) is 6.82. The fourth-order valence-electron chi connectivity index (χ4n) is 2.51. The Balaban J connectivity index is 1.87. The largest absolute Gasteiger partial charge is 0.497 e. The van der Waals surface area contributed by atoms with Crippen molar-refractivity contribution in [2.75, 3.05) is 7.11 Å². The molecule has 0 radical (unpaired) electrons. The van der Waals surface area contributed by atoms with E-state index in [1.165, 1.54) is 0 Å². The number of ether oxygens (including phenoxy) is 2. The van der Waals surface area contributed by atoms with Gasteiger partial charge in [0.05, 0.1) is 7.11 Å². The van der Waals surface area contributed by atoms with E-state index in [1.807, 2.05) is 38.1 Å². The molecule has 3 rings (SSSR count). The zero-order valence-corrected chi connectivity index (χ0v) is 12.3. The lowest BCUT2D eigenvalue weighted by Crippen LogP contribution is -2.36. The van der Waals surface area contributed by atoms with E-state index < -0.39 is 5.60 Å². The third-order valence-electron chi connectivity index (χ3n) is 3.52. The average Bonchev–Trinajstić information content (AvgIpc) is 2.81. The quantitative estimate of drug-likeness (QED) is 0.812. The van der Waals surface area contributed by atoms with Crippen LogP contribution in [-0.2, 0) is 17.6 Å². The second-order valence-corrected chi connectivity index (χ2v) is 5.78. The molecule has 0 atom stereocenters. The van der Waals surface area contributed by atoms with Gasteiger partial charge < -0.3 is 14.0 Å². The van der Waals surface area contributed by atoms with E-state index in [0.29, 0.717) is 29.9 Å². The lowest BCUT2D eigenvalue weighted by Gasteiger charge is -2.28. The molecule has 1 aromatic carbocycles. The summed E-state index contributed by atoms with van der Waals surface area (Å²) in [6, 6.07) is 7.62. The summed E-state index contributed by atoms with van der Waals surface area (Å²) < 4.78 is 15.9. The molecule has 2 aromatic rings. The van der Waals surface area contributed by atoms with Crippen LogP contribution in [-0.4, -0.2) is 23.8 Å². The number of carbonyl (C=O) groups excluding carboxylic acids is 1. The molecule has 0 spiro atoms. The molecule has 0 unspecified atom stereocenters. The Hall–Kier alpha value is -2.30. The predicted molar refractivity (Wildman–Crippen MR) is 75.5 cm³/mol. The van der Waals surface area contributed by atoms with Crippen molar-refractivity contribution in [1.82, 2.24) is 5.16 Å². The summed E-state index contributed by atoms with van der Waals surface area (Å²) in [4.78, 5) is 12.1. The summed E-state index contributed by atoms with van der Waals surface area (Å²) >= 11 is 0. The first kappa shape index (κ1) is 13.7. The monoisotopic (exact) mass is 287 g/mol. The Morgan fingerprint density at radius 3 is 2.67 bits per heavy atom. The van der Waals surface area contributed by atoms with E-state index in [1.54, 1.807) is 7.11 Å². The fourth-order valence-corrected chi connectivity index (χ4v) is 2.51. The van der Waals surface area contributed by atoms with Crippen molar-refractivity contribution in [2.24, 2.45) is 0 Å². The van der Waals surface area contributed by atoms with Gasteiger partial charge in [-0.15, -0.1) is 0 Å². The molecule has 0 N–H and O–H groups in total. The van der Waals surface area contributed by atoms with E-state index in [4.69, 9.17) is 14.0 Å². The molecule has 0 bridgehead atoms. The van der Waals surface area contributed by atoms with Crippen LogP contribution in [0.4, 0.5) is 0 Å². The molecule has 0 amide bonds. The minimum absolute atomic E-state index is 0.356. The summed E-state index contributed by atoms with van der Waals surface area (Å²) in [6.45, 7) is 3.73. The highest BCUT2D eigenvalue weighted by atomic mass is 16.6. The Morgan fingerprint density at radius 1 is 1.29 bits per heavy atom. The third-order valence-corrected chi connectivity index (χ3v) is 3.52. The lowest BCUT2D eigenvalue weighted by atomic mass is 9.94. The highest BCUT2D eigenvalue weighted by Crippen LogP contribution is 2.30. The highest BCUT2D eigenvalue weighted by molar-refractivity contribution is 5.93. The van der Waals surface area contributed by atoms with Gasteiger partial charge in [0, 0.05) is 12.8 Å². The molecular weight excluding hydrogens is 270 g/mol. The van der Waals surface area contributed by atoms with Crippen LogP contribution in [0, 0.1) is 0 Å². The van der Waals surface area contributed by atoms with Crippen LogP contribution >= 0.6 is 0 Å². The van der Waals surface area contributed by atoms with Crippen LogP contribution in [0.2, 0.25) is 0 Å². The Labute approximate surface area is 122 Å². The van der Waals surface area contributed by atoms with Gasteiger partial charge in [0.1, 0.15) is 22.6 Å². The summed E-state index contributed by atoms with van der Waals surface area (Å²) in [5, 5.41) is 4.03. The number of nitrogens with zero attached hydrogens (tertiary/aromatic N) is 1. The minimum Gasteiger partial charge on any atom is -0.497 e. The number of benzene rings is 1. The maximum absolute atomic E-state index is 12.1. The highest BCUT2D eigenvalue weighted by Gasteiger charge is 2.37. The van der Waals surface area contributed by atoms with Crippen molar-refractivity contribution in [3.8, 4) is 5.75 Å². The van der Waals surface area contributed by atoms with Crippen molar-refractivity contribution < 1.29 is 18.8 Å². The first-order valence-corrected chi connectivity index (χ1v) is 6.82. The number of rotatable bonds is 3. The first-order chi connectivity index (χ1) is 9.98. The number of carbonyl (C=O) groups is 1. The standard InChI is InChI=1S/C16H17NO4/c1-16(2)9-12-14(15(18)20-16)13(21-17-12)8-10-4-6-11(19-3)7-5-10/h4-7H,8-9H2,1-3H3. The van der Waals surface area contributed by atoms with Gasteiger partial charge in [-0.25, -0.2) is 4.79 Å². The van der Waals surface area contributed by atoms with Gasteiger partial charge in [-0.1, -0.05) is 17.3 Å². The summed E-state index contributed by atoms with van der Waals surface area (Å²) in [7, 11) is 1.62. The molecule has 0 fully saturated rings. The topological polar surface area (TPSA) is 61.6 Å². The Bertz CT molecular complexity index is 670. The average molecular weight is 287 g/mol. The van der Waals surface area contributed by atoms with Gasteiger partial charge in [-0.2, -0.15) is 0 Å². The maximum atomic E-state index is 12.1. The minimum atomic E-state index is -0.529. The second-order valence-electron chi connectivity index (χ2n) is 5.78. The molecule has 1 aliphatic heterocycles. The van der Waals surface area contributed by atoms with E-state index >= 15 is 0 Å². The molecule has 0 saturated carbocycles. The van der Waals surface area contributed by atoms with Crippen LogP contribution < -0.4 is 4.74 Å². The Morgan fingerprint density at radius 2 is 2.00 bits per heavy atom. The molecule has 21 heavy (non-hydrogen) atoms. The van der Waals surface area contributed by atoms with Crippen molar-refractivity contribution >= 4 is 5.97 Å². The number of fused-ring (bicyclic) bond motifs is 1. The predicted octanol–water partition coefficient (Wildman–Crippen LogP) is 2.77. The van der Waals surface area contributed by atoms with E-state index in [-0.39, 0.29) is 5.97 Å². The molecule has 0 saturated heterocycles. The number of methoxy groups -OCH3 is 1. The summed E-state index contributed by atoms with van der Waals surface area (Å²) in [5.74, 6) is 0.987. The number of hydrogen-bond acceptors (Lipinski definition) is 5. The molecule has 2 heterocycles. The van der Waals surface area contributed by atoms with Crippen LogP contribution in [0.5, 0.6) is 5.75 Å². The molecular formula is C16H17NO4. The maximum Gasteiger partial charge on any atom is 0.344 e. The van der Waals surface area contributed by atoms with Gasteiger partial charge >= 0.3 is 5.97 Å². The smallest absolute Gasteiger partial charge is 0.344 e. The zero-order chi connectivity index (χ0) is 15.0. The molecule has 5 heteroatoms. The number of esters is 1. The van der Waals surface area contributed by atoms with Crippen LogP contribution in [0.3, 0.4) is 0 Å². The number of hydrogen-bond donors (Lipinski definition) is 0. The van der Waals surface area contributed by atoms with Gasteiger partial charge in [0.25, 0.3) is 0 Å². The summed E-state index contributed by atoms with van der Waals surface area (Å²) in [6.07, 6.45) is 1.07. The molecule has 0 aliphatic carbocycles. The fraction of sp³-hybridized carbons (Fsp3) is 0.375. The van der Waals surface area contributed by atoms with E-state index in [0.717, 1.165) is 11.3 Å². The molecule has 1 aromatic heterocycles. The van der Waals surface area contributed by atoms with Gasteiger partial charge in [0.2, 0.25) is 0 Å². The van der Waals surface area contributed by atoms with Crippen molar-refractivity contribution in [1.29, 1.82) is 0 Å². The van der Waals surface area contributed by atoms with Crippen LogP contribution in [0.25, 0.3) is 0 Å². The van der Waals surface area contributed by atoms with Crippen LogP contribution in [0.15, 0.2) is 28.8 Å². The van der Waals surface area contributed by atoms with Gasteiger partial charge in [-0.3, -0.25) is 0 Å². The lowest BCUT2D eigenvalue weighted by molar-refractivity contribution is -0.00699. The normalized spacial score (nSPS) is 16.2. The van der Waals surface area contributed by atoms with Crippen molar-refractivity contribution in [3.63, 3.8) is 0 Å².